The van der Waals surface area contributed by atoms with Crippen molar-refractivity contribution in [2.45, 2.75) is 6.54 Å². The maximum absolute atomic E-state index is 8.25. The van der Waals surface area contributed by atoms with E-state index < -0.39 is 10.2 Å². The van der Waals surface area contributed by atoms with E-state index in [1.54, 1.807) is 0 Å². The fourth-order valence-corrected chi connectivity index (χ4v) is 1.23. The van der Waals surface area contributed by atoms with Crippen LogP contribution in [0.3, 0.4) is 0 Å². The van der Waals surface area contributed by atoms with Crippen molar-refractivity contribution in [2.24, 2.45) is 0 Å². The lowest BCUT2D eigenvalue weighted by molar-refractivity contribution is -0.403. The van der Waals surface area contributed by atoms with Crippen molar-refractivity contribution in [3.05, 3.63) is 85.1 Å². The number of anilines is 1. The van der Waals surface area contributed by atoms with E-state index in [0.29, 0.717) is 0 Å². The van der Waals surface area contributed by atoms with Crippen molar-refractivity contribution in [1.29, 1.82) is 0 Å². The van der Waals surface area contributed by atoms with Gasteiger partial charge in [0.25, 0.3) is 5.82 Å². The van der Waals surface area contributed by atoms with Gasteiger partial charge in [0, 0.05) is 18.2 Å². The molecule has 3 N–H and O–H groups in total. The summed E-state index contributed by atoms with van der Waals surface area (Å²) in [4.78, 5) is 22.8. The number of nitrogens with zero attached hydrogens (tertiary/aromatic N) is 2. The Balaban J connectivity index is 0.000000464. The summed E-state index contributed by atoms with van der Waals surface area (Å²) in [6.07, 6.45) is 3.82. The summed E-state index contributed by atoms with van der Waals surface area (Å²) in [7, 11) is 0. The van der Waals surface area contributed by atoms with E-state index in [2.05, 4.69) is 21.4 Å². The number of H-pyrrole nitrogens is 2. The minimum Gasteiger partial charge on any atom is -0.356 e. The summed E-state index contributed by atoms with van der Waals surface area (Å²) in [6, 6.07) is 12.0. The molecule has 2 heterocycles. The molecule has 0 aromatic carbocycles. The molecular formula is C11H13N5O6. The molecule has 0 aliphatic rings. The smallest absolute Gasteiger partial charge is 0.272 e. The fourth-order valence-electron chi connectivity index (χ4n) is 1.23. The van der Waals surface area contributed by atoms with Crippen molar-refractivity contribution in [3.8, 4) is 0 Å². The van der Waals surface area contributed by atoms with Gasteiger partial charge >= 0.3 is 0 Å². The Labute approximate surface area is 124 Å². The molecule has 0 amide bonds. The first-order chi connectivity index (χ1) is 10.4. The largest absolute Gasteiger partial charge is 0.356 e. The van der Waals surface area contributed by atoms with Crippen LogP contribution in [-0.4, -0.2) is 10.2 Å². The Morgan fingerprint density at radius 2 is 1.36 bits per heavy atom. The van der Waals surface area contributed by atoms with Crippen LogP contribution in [0.2, 0.25) is 0 Å². The Kier molecular flexibility index (Phi) is 9.53. The molecule has 0 fully saturated rings. The van der Waals surface area contributed by atoms with Crippen LogP contribution in [-0.2, 0) is 6.54 Å². The zero-order valence-electron chi connectivity index (χ0n) is 11.2. The highest BCUT2D eigenvalue weighted by Crippen LogP contribution is 1.97. The lowest BCUT2D eigenvalue weighted by Gasteiger charge is -1.93. The normalized spacial score (nSPS) is 8.36. The zero-order valence-corrected chi connectivity index (χ0v) is 11.2. The first-order valence-electron chi connectivity index (χ1n) is 5.71. The molecule has 0 saturated heterocycles. The van der Waals surface area contributed by atoms with Crippen molar-refractivity contribution in [2.75, 3.05) is 5.32 Å². The van der Waals surface area contributed by atoms with Gasteiger partial charge in [0.05, 0.1) is 16.4 Å². The second-order valence-electron chi connectivity index (χ2n) is 3.46. The zero-order chi connectivity index (χ0) is 16.8. The molecule has 2 rings (SSSR count). The molecule has 0 aliphatic carbocycles. The Hall–Kier alpha value is -3.50. The Morgan fingerprint density at radius 3 is 1.77 bits per heavy atom. The quantitative estimate of drug-likeness (QED) is 0.632. The first kappa shape index (κ1) is 18.5. The average molecular weight is 311 g/mol. The van der Waals surface area contributed by atoms with Crippen LogP contribution in [0.1, 0.15) is 5.69 Å². The van der Waals surface area contributed by atoms with Gasteiger partial charge in [0.1, 0.15) is 0 Å². The van der Waals surface area contributed by atoms with Crippen LogP contribution in [0.4, 0.5) is 5.82 Å². The van der Waals surface area contributed by atoms with Crippen LogP contribution in [0.25, 0.3) is 0 Å². The lowest BCUT2D eigenvalue weighted by atomic mass is 10.3. The highest BCUT2D eigenvalue weighted by atomic mass is 16.9. The average Bonchev–Trinajstić information content (AvgIpc) is 2.46. The van der Waals surface area contributed by atoms with E-state index in [9.17, 15) is 0 Å². The third kappa shape index (κ3) is 12.9. The van der Waals surface area contributed by atoms with E-state index in [0.717, 1.165) is 18.1 Å². The number of aromatic nitrogens is 2. The number of nitrogens with one attached hydrogen (secondary N) is 3. The van der Waals surface area contributed by atoms with Gasteiger partial charge in [0.2, 0.25) is 5.69 Å². The van der Waals surface area contributed by atoms with Gasteiger partial charge in [-0.05, 0) is 12.1 Å². The molecule has 2 aromatic heterocycles. The Morgan fingerprint density at radius 1 is 0.864 bits per heavy atom. The summed E-state index contributed by atoms with van der Waals surface area (Å²) in [5.41, 5.74) is 1.16. The van der Waals surface area contributed by atoms with Crippen molar-refractivity contribution in [1.82, 2.24) is 0 Å². The van der Waals surface area contributed by atoms with Crippen molar-refractivity contribution < 1.29 is 20.1 Å². The predicted molar refractivity (Wildman–Crippen MR) is 74.0 cm³/mol. The molecule has 22 heavy (non-hydrogen) atoms. The van der Waals surface area contributed by atoms with Crippen LogP contribution in [0.5, 0.6) is 0 Å². The van der Waals surface area contributed by atoms with E-state index in [4.69, 9.17) is 30.6 Å². The molecule has 0 spiro atoms. The van der Waals surface area contributed by atoms with Gasteiger partial charge in [-0.15, -0.1) is 0 Å². The second-order valence-corrected chi connectivity index (χ2v) is 3.46. The van der Waals surface area contributed by atoms with E-state index in [1.807, 2.05) is 42.7 Å². The number of hydrogen-bond acceptors (Lipinski definition) is 7. The monoisotopic (exact) mass is 311 g/mol. The van der Waals surface area contributed by atoms with Crippen LogP contribution >= 0.6 is 0 Å². The SMILES string of the molecule is O=[N+]([O-])[O-].O=[N+]([O-])[O-].c1ccc(CNc2cccc[nH+]2)[nH+]c1. The molecule has 118 valence electrons. The molecule has 0 unspecified atom stereocenters. The number of hydrogen-bond donors (Lipinski definition) is 1. The molecule has 0 saturated carbocycles. The standard InChI is InChI=1S/C11H11N3.2NO3/c1-3-7-12-10(5-1)9-14-11-6-2-4-8-13-11;2*2-1(3)4/h1-8H,9H2,(H,13,14);;/q;2*-1/p+2. The maximum Gasteiger partial charge on any atom is 0.272 e. The molecule has 0 aliphatic heterocycles. The summed E-state index contributed by atoms with van der Waals surface area (Å²) >= 11 is 0. The van der Waals surface area contributed by atoms with Crippen molar-refractivity contribution >= 4 is 5.82 Å². The van der Waals surface area contributed by atoms with Gasteiger partial charge < -0.3 is 30.6 Å². The summed E-state index contributed by atoms with van der Waals surface area (Å²) in [6.45, 7) is 0.793. The molecule has 11 heteroatoms. The number of pyridine rings is 2. The van der Waals surface area contributed by atoms with E-state index >= 15 is 0 Å². The Bertz CT molecular complexity index is 494. The third-order valence-electron chi connectivity index (χ3n) is 1.95. The van der Waals surface area contributed by atoms with Crippen LogP contribution in [0.15, 0.2) is 48.8 Å². The van der Waals surface area contributed by atoms with E-state index in [-0.39, 0.29) is 0 Å². The van der Waals surface area contributed by atoms with E-state index in [1.165, 1.54) is 0 Å². The minimum absolute atomic E-state index is 0.793. The minimum atomic E-state index is -1.75. The lowest BCUT2D eigenvalue weighted by Crippen LogP contribution is -2.17. The van der Waals surface area contributed by atoms with Crippen LogP contribution < -0.4 is 15.3 Å². The number of aromatic amines is 2. The third-order valence-corrected chi connectivity index (χ3v) is 1.95. The van der Waals surface area contributed by atoms with Gasteiger partial charge in [-0.25, -0.2) is 9.97 Å². The van der Waals surface area contributed by atoms with Crippen molar-refractivity contribution in [3.63, 3.8) is 0 Å². The van der Waals surface area contributed by atoms with Gasteiger partial charge in [-0.2, -0.15) is 0 Å². The molecular weight excluding hydrogens is 298 g/mol. The first-order valence-corrected chi connectivity index (χ1v) is 5.71. The van der Waals surface area contributed by atoms with Gasteiger partial charge in [0.15, 0.2) is 12.7 Å². The van der Waals surface area contributed by atoms with Gasteiger partial charge in [-0.1, -0.05) is 6.07 Å². The topological polar surface area (TPSA) is 173 Å². The second kappa shape index (κ2) is 11.3. The van der Waals surface area contributed by atoms with Crippen LogP contribution in [0, 0.1) is 30.6 Å². The summed E-state index contributed by atoms with van der Waals surface area (Å²) in [5.74, 6) is 1.02. The molecule has 0 atom stereocenters. The maximum atomic E-state index is 8.25. The summed E-state index contributed by atoms with van der Waals surface area (Å²) < 4.78 is 0. The molecule has 11 nitrogen and oxygen atoms in total. The fraction of sp³-hybridized carbons (Fsp3) is 0.0909. The summed E-state index contributed by atoms with van der Waals surface area (Å²) in [5, 5.41) is 32.8. The molecule has 0 bridgehead atoms. The number of rotatable bonds is 3. The predicted octanol–water partition coefficient (Wildman–Crippen LogP) is 0.449. The molecule has 0 radical (unpaired) electrons. The molecule has 2 aromatic rings. The highest BCUT2D eigenvalue weighted by Gasteiger charge is 2.03. The highest BCUT2D eigenvalue weighted by molar-refractivity contribution is 5.26. The van der Waals surface area contributed by atoms with Gasteiger partial charge in [-0.3, -0.25) is 5.32 Å².